The lowest BCUT2D eigenvalue weighted by Gasteiger charge is -2.21. The molecule has 0 saturated heterocycles. The van der Waals surface area contributed by atoms with Gasteiger partial charge >= 0.3 is 0 Å². The van der Waals surface area contributed by atoms with E-state index in [-0.39, 0.29) is 0 Å². The first-order valence-electron chi connectivity index (χ1n) is 5.52. The molecule has 1 aromatic carbocycles. The Balaban J connectivity index is 3.16. The molecule has 0 saturated carbocycles. The van der Waals surface area contributed by atoms with Gasteiger partial charge in [0.25, 0.3) is 0 Å². The van der Waals surface area contributed by atoms with Crippen molar-refractivity contribution in [1.29, 1.82) is 0 Å². The van der Waals surface area contributed by atoms with E-state index in [1.165, 1.54) is 0 Å². The summed E-state index contributed by atoms with van der Waals surface area (Å²) in [6.07, 6.45) is 0. The van der Waals surface area contributed by atoms with Crippen molar-refractivity contribution in [3.8, 4) is 11.5 Å². The number of ether oxygens (including phenoxy) is 2. The number of methoxy groups -OCH3 is 2. The van der Waals surface area contributed by atoms with Crippen molar-refractivity contribution in [3.63, 3.8) is 0 Å². The first-order chi connectivity index (χ1) is 8.04. The van der Waals surface area contributed by atoms with Crippen LogP contribution < -0.4 is 9.47 Å². The number of benzene rings is 1. The quantitative estimate of drug-likeness (QED) is 0.744. The van der Waals surface area contributed by atoms with Gasteiger partial charge in [-0.05, 0) is 23.5 Å². The van der Waals surface area contributed by atoms with Gasteiger partial charge in [0.2, 0.25) is 0 Å². The molecule has 0 bridgehead atoms. The highest BCUT2D eigenvalue weighted by Crippen LogP contribution is 2.38. The maximum Gasteiger partial charge on any atom is 0.162 e. The first kappa shape index (κ1) is 14.7. The van der Waals surface area contributed by atoms with Crippen LogP contribution in [0.5, 0.6) is 11.5 Å². The minimum atomic E-state index is 0.363. The van der Waals surface area contributed by atoms with Crippen LogP contribution in [0.1, 0.15) is 25.3 Å². The summed E-state index contributed by atoms with van der Waals surface area (Å²) in [5.41, 5.74) is 1.09. The van der Waals surface area contributed by atoms with Crippen molar-refractivity contribution in [3.05, 3.63) is 22.7 Å². The van der Waals surface area contributed by atoms with Gasteiger partial charge in [0.05, 0.1) is 14.2 Å². The monoisotopic (exact) mass is 320 g/mol. The zero-order chi connectivity index (χ0) is 13.0. The molecule has 17 heavy (non-hydrogen) atoms. The SMILES string of the molecule is COc1cc(Cl)c(C(C)C(C)CBr)cc1OC. The fraction of sp³-hybridized carbons (Fsp3) is 0.538. The number of hydrogen-bond acceptors (Lipinski definition) is 2. The third-order valence-electron chi connectivity index (χ3n) is 3.09. The molecule has 1 aromatic rings. The van der Waals surface area contributed by atoms with E-state index in [1.807, 2.05) is 12.1 Å². The van der Waals surface area contributed by atoms with Gasteiger partial charge in [0, 0.05) is 16.4 Å². The van der Waals surface area contributed by atoms with Crippen molar-refractivity contribution in [2.24, 2.45) is 5.92 Å². The molecule has 4 heteroatoms. The second-order valence-corrected chi connectivity index (χ2v) is 5.20. The minimum absolute atomic E-state index is 0.363. The van der Waals surface area contributed by atoms with Crippen LogP contribution in [0.2, 0.25) is 5.02 Å². The van der Waals surface area contributed by atoms with E-state index < -0.39 is 0 Å². The molecule has 2 unspecified atom stereocenters. The highest BCUT2D eigenvalue weighted by Gasteiger charge is 2.19. The number of halogens is 2. The van der Waals surface area contributed by atoms with Gasteiger partial charge in [-0.1, -0.05) is 41.4 Å². The third-order valence-corrected chi connectivity index (χ3v) is 4.44. The molecule has 96 valence electrons. The van der Waals surface area contributed by atoms with Crippen LogP contribution in [0.3, 0.4) is 0 Å². The molecule has 1 rings (SSSR count). The summed E-state index contributed by atoms with van der Waals surface area (Å²) in [5, 5.41) is 1.67. The maximum atomic E-state index is 6.28. The summed E-state index contributed by atoms with van der Waals surface area (Å²) in [4.78, 5) is 0. The average molecular weight is 322 g/mol. The van der Waals surface area contributed by atoms with Gasteiger partial charge in [-0.15, -0.1) is 0 Å². The van der Waals surface area contributed by atoms with E-state index in [0.29, 0.717) is 17.6 Å². The fourth-order valence-electron chi connectivity index (χ4n) is 1.66. The summed E-state index contributed by atoms with van der Waals surface area (Å²) in [6, 6.07) is 3.78. The third kappa shape index (κ3) is 3.29. The number of hydrogen-bond donors (Lipinski definition) is 0. The van der Waals surface area contributed by atoms with Crippen molar-refractivity contribution in [1.82, 2.24) is 0 Å². The topological polar surface area (TPSA) is 18.5 Å². The van der Waals surface area contributed by atoms with Crippen molar-refractivity contribution < 1.29 is 9.47 Å². The number of rotatable bonds is 5. The Kier molecular flexibility index (Phi) is 5.60. The molecule has 0 aliphatic carbocycles. The Hall–Kier alpha value is -0.410. The molecule has 0 spiro atoms. The van der Waals surface area contributed by atoms with Gasteiger partial charge in [-0.25, -0.2) is 0 Å². The van der Waals surface area contributed by atoms with Crippen LogP contribution in [-0.4, -0.2) is 19.5 Å². The Morgan fingerprint density at radius 1 is 1.18 bits per heavy atom. The van der Waals surface area contributed by atoms with E-state index in [9.17, 15) is 0 Å². The molecule has 2 nitrogen and oxygen atoms in total. The van der Waals surface area contributed by atoms with Crippen LogP contribution in [-0.2, 0) is 0 Å². The standard InChI is InChI=1S/C13H18BrClO2/c1-8(7-14)9(2)10-5-12(16-3)13(17-4)6-11(10)15/h5-6,8-9H,7H2,1-4H3. The predicted octanol–water partition coefficient (Wildman–Crippen LogP) is 4.49. The van der Waals surface area contributed by atoms with Crippen LogP contribution in [0.15, 0.2) is 12.1 Å². The van der Waals surface area contributed by atoms with E-state index in [4.69, 9.17) is 21.1 Å². The molecule has 0 radical (unpaired) electrons. The largest absolute Gasteiger partial charge is 0.493 e. The second-order valence-electron chi connectivity index (χ2n) is 4.15. The molecular formula is C13H18BrClO2. The van der Waals surface area contributed by atoms with E-state index in [0.717, 1.165) is 21.7 Å². The van der Waals surface area contributed by atoms with Gasteiger partial charge in [-0.2, -0.15) is 0 Å². The lowest BCUT2D eigenvalue weighted by atomic mass is 9.90. The Morgan fingerprint density at radius 2 is 1.71 bits per heavy atom. The first-order valence-corrected chi connectivity index (χ1v) is 7.02. The highest BCUT2D eigenvalue weighted by atomic mass is 79.9. The second kappa shape index (κ2) is 6.50. The summed E-state index contributed by atoms with van der Waals surface area (Å²) in [5.74, 6) is 2.26. The molecule has 0 N–H and O–H groups in total. The van der Waals surface area contributed by atoms with Crippen LogP contribution >= 0.6 is 27.5 Å². The molecular weight excluding hydrogens is 303 g/mol. The molecule has 0 aliphatic rings. The summed E-state index contributed by atoms with van der Waals surface area (Å²) in [7, 11) is 3.24. The summed E-state index contributed by atoms with van der Waals surface area (Å²) >= 11 is 9.78. The van der Waals surface area contributed by atoms with Crippen molar-refractivity contribution >= 4 is 27.5 Å². The molecule has 0 amide bonds. The molecule has 0 aliphatic heterocycles. The zero-order valence-electron chi connectivity index (χ0n) is 10.6. The smallest absolute Gasteiger partial charge is 0.162 e. The normalized spacial score (nSPS) is 14.2. The minimum Gasteiger partial charge on any atom is -0.493 e. The van der Waals surface area contributed by atoms with Gasteiger partial charge in [-0.3, -0.25) is 0 Å². The van der Waals surface area contributed by atoms with Crippen molar-refractivity contribution in [2.45, 2.75) is 19.8 Å². The summed E-state index contributed by atoms with van der Waals surface area (Å²) in [6.45, 7) is 4.35. The maximum absolute atomic E-state index is 6.28. The molecule has 0 heterocycles. The molecule has 0 aromatic heterocycles. The van der Waals surface area contributed by atoms with Gasteiger partial charge in [0.15, 0.2) is 11.5 Å². The lowest BCUT2D eigenvalue weighted by molar-refractivity contribution is 0.354. The van der Waals surface area contributed by atoms with Gasteiger partial charge < -0.3 is 9.47 Å². The van der Waals surface area contributed by atoms with E-state index >= 15 is 0 Å². The average Bonchev–Trinajstić information content (AvgIpc) is 2.36. The molecule has 0 fully saturated rings. The van der Waals surface area contributed by atoms with Crippen molar-refractivity contribution in [2.75, 3.05) is 19.5 Å². The fourth-order valence-corrected chi connectivity index (χ4v) is 2.55. The van der Waals surface area contributed by atoms with Gasteiger partial charge in [0.1, 0.15) is 0 Å². The highest BCUT2D eigenvalue weighted by molar-refractivity contribution is 9.09. The van der Waals surface area contributed by atoms with E-state index in [1.54, 1.807) is 14.2 Å². The predicted molar refractivity (Wildman–Crippen MR) is 75.9 cm³/mol. The zero-order valence-corrected chi connectivity index (χ0v) is 12.9. The lowest BCUT2D eigenvalue weighted by Crippen LogP contribution is -2.08. The van der Waals surface area contributed by atoms with Crippen LogP contribution in [0, 0.1) is 5.92 Å². The summed E-state index contributed by atoms with van der Waals surface area (Å²) < 4.78 is 10.5. The Labute approximate surface area is 116 Å². The Morgan fingerprint density at radius 3 is 2.18 bits per heavy atom. The Bertz CT molecular complexity index is 382. The number of alkyl halides is 1. The van der Waals surface area contributed by atoms with Crippen LogP contribution in [0.25, 0.3) is 0 Å². The molecule has 2 atom stereocenters. The van der Waals surface area contributed by atoms with Crippen LogP contribution in [0.4, 0.5) is 0 Å². The van der Waals surface area contributed by atoms with E-state index in [2.05, 4.69) is 29.8 Å².